The maximum Gasteiger partial charge on any atom is 0.180 e. The van der Waals surface area contributed by atoms with E-state index in [2.05, 4.69) is 59.7 Å². The van der Waals surface area contributed by atoms with Crippen LogP contribution in [0, 0.1) is 18.7 Å². The van der Waals surface area contributed by atoms with Crippen LogP contribution in [0.5, 0.6) is 11.5 Å². The Balaban J connectivity index is 1.17. The molecule has 4 aromatic rings. The van der Waals surface area contributed by atoms with Crippen LogP contribution < -0.4 is 14.8 Å². The van der Waals surface area contributed by atoms with Crippen molar-refractivity contribution in [1.82, 2.24) is 0 Å². The molecular formula is C34H30ClFN2O2. The van der Waals surface area contributed by atoms with Crippen LogP contribution in [-0.2, 0) is 6.61 Å². The van der Waals surface area contributed by atoms with Crippen LogP contribution in [0.3, 0.4) is 0 Å². The Hall–Kier alpha value is -4.09. The first-order valence-electron chi connectivity index (χ1n) is 13.4. The Labute approximate surface area is 239 Å². The first kappa shape index (κ1) is 26.1. The zero-order valence-corrected chi connectivity index (χ0v) is 23.2. The molecule has 202 valence electrons. The molecule has 4 nitrogen and oxygen atoms in total. The second-order valence-electron chi connectivity index (χ2n) is 10.3. The molecule has 40 heavy (non-hydrogen) atoms. The van der Waals surface area contributed by atoms with E-state index in [-0.39, 0.29) is 18.5 Å². The minimum atomic E-state index is -0.328. The molecule has 0 radical (unpaired) electrons. The largest absolute Gasteiger partial charge is 0.493 e. The predicted octanol–water partition coefficient (Wildman–Crippen LogP) is 8.95. The summed E-state index contributed by atoms with van der Waals surface area (Å²) in [5.74, 6) is 1.44. The monoisotopic (exact) mass is 552 g/mol. The number of halogens is 2. The van der Waals surface area contributed by atoms with E-state index in [1.165, 1.54) is 28.4 Å². The molecule has 6 rings (SSSR count). The van der Waals surface area contributed by atoms with Gasteiger partial charge in [0.2, 0.25) is 0 Å². The van der Waals surface area contributed by atoms with Crippen LogP contribution in [0.4, 0.5) is 15.8 Å². The van der Waals surface area contributed by atoms with Crippen molar-refractivity contribution in [2.75, 3.05) is 12.4 Å². The van der Waals surface area contributed by atoms with Gasteiger partial charge in [-0.3, -0.25) is 4.99 Å². The number of nitrogens with one attached hydrogen (secondary N) is 1. The Morgan fingerprint density at radius 3 is 2.67 bits per heavy atom. The summed E-state index contributed by atoms with van der Waals surface area (Å²) in [5.41, 5.74) is 7.22. The van der Waals surface area contributed by atoms with Gasteiger partial charge in [0.05, 0.1) is 23.9 Å². The molecule has 0 amide bonds. The molecule has 1 N–H and O–H groups in total. The van der Waals surface area contributed by atoms with E-state index in [1.807, 2.05) is 12.1 Å². The van der Waals surface area contributed by atoms with Crippen molar-refractivity contribution in [2.45, 2.75) is 31.9 Å². The summed E-state index contributed by atoms with van der Waals surface area (Å²) in [5, 5.41) is 4.16. The van der Waals surface area contributed by atoms with Gasteiger partial charge in [-0.1, -0.05) is 71.8 Å². The maximum absolute atomic E-state index is 14.0. The van der Waals surface area contributed by atoms with Gasteiger partial charge < -0.3 is 14.8 Å². The molecule has 3 atom stereocenters. The first-order valence-corrected chi connectivity index (χ1v) is 13.8. The van der Waals surface area contributed by atoms with Gasteiger partial charge in [0.25, 0.3) is 0 Å². The summed E-state index contributed by atoms with van der Waals surface area (Å²) >= 11 is 6.52. The summed E-state index contributed by atoms with van der Waals surface area (Å²) in [6.45, 7) is 2.20. The minimum Gasteiger partial charge on any atom is -0.493 e. The molecule has 1 aliphatic carbocycles. The van der Waals surface area contributed by atoms with Gasteiger partial charge in [-0.25, -0.2) is 4.39 Å². The summed E-state index contributed by atoms with van der Waals surface area (Å²) in [6.07, 6.45) is 7.50. The second kappa shape index (κ2) is 11.2. The molecular weight excluding hydrogens is 523 g/mol. The average molecular weight is 553 g/mol. The van der Waals surface area contributed by atoms with E-state index >= 15 is 0 Å². The van der Waals surface area contributed by atoms with Crippen molar-refractivity contribution in [3.8, 4) is 11.5 Å². The van der Waals surface area contributed by atoms with Gasteiger partial charge in [-0.05, 0) is 72.4 Å². The number of aryl methyl sites for hydroxylation is 1. The molecule has 0 saturated carbocycles. The molecule has 6 heteroatoms. The van der Waals surface area contributed by atoms with Crippen molar-refractivity contribution >= 4 is 29.2 Å². The number of anilines is 1. The third kappa shape index (κ3) is 5.22. The third-order valence-corrected chi connectivity index (χ3v) is 8.00. The van der Waals surface area contributed by atoms with Crippen molar-refractivity contribution in [2.24, 2.45) is 10.9 Å². The standard InChI is InChI=1S/C34H30ClFN2O2/c1-21-10-15-31-28(16-21)26-7-5-8-27(26)33(38-31)23-11-13-25(14-12-23)37-19-22-17-29(35)34(32(18-22)39-2)40-20-24-6-3-4-9-30(24)36/h3-7,9-19,26-27,33,38H,8,20H2,1-2H3/t26-,27+,33-/m0/s1. The van der Waals surface area contributed by atoms with E-state index in [0.717, 1.165) is 17.7 Å². The lowest BCUT2D eigenvalue weighted by molar-refractivity contribution is 0.280. The van der Waals surface area contributed by atoms with Crippen LogP contribution in [0.1, 0.15) is 46.2 Å². The molecule has 0 unspecified atom stereocenters. The summed E-state index contributed by atoms with van der Waals surface area (Å²) in [7, 11) is 1.55. The van der Waals surface area contributed by atoms with Crippen LogP contribution in [0.15, 0.2) is 96.0 Å². The molecule has 1 aliphatic heterocycles. The van der Waals surface area contributed by atoms with Crippen LogP contribution in [0.2, 0.25) is 5.02 Å². The number of aliphatic imine (C=N–C) groups is 1. The lowest BCUT2D eigenvalue weighted by atomic mass is 9.76. The number of methoxy groups -OCH3 is 1. The molecule has 4 aromatic carbocycles. The average Bonchev–Trinajstić information content (AvgIpc) is 3.47. The molecule has 1 heterocycles. The minimum absolute atomic E-state index is 0.0429. The van der Waals surface area contributed by atoms with Gasteiger partial charge in [0.1, 0.15) is 12.4 Å². The second-order valence-corrected chi connectivity index (χ2v) is 10.7. The highest BCUT2D eigenvalue weighted by molar-refractivity contribution is 6.32. The Morgan fingerprint density at radius 2 is 1.88 bits per heavy atom. The number of nitrogens with zero attached hydrogens (tertiary/aromatic N) is 1. The number of fused-ring (bicyclic) bond motifs is 3. The number of hydrogen-bond donors (Lipinski definition) is 1. The van der Waals surface area contributed by atoms with E-state index < -0.39 is 0 Å². The smallest absolute Gasteiger partial charge is 0.180 e. The van der Waals surface area contributed by atoms with E-state index in [4.69, 9.17) is 21.1 Å². The molecule has 0 bridgehead atoms. The van der Waals surface area contributed by atoms with Crippen molar-refractivity contribution < 1.29 is 13.9 Å². The Bertz CT molecular complexity index is 1600. The predicted molar refractivity (Wildman–Crippen MR) is 160 cm³/mol. The Morgan fingerprint density at radius 1 is 1.05 bits per heavy atom. The van der Waals surface area contributed by atoms with Gasteiger partial charge >= 0.3 is 0 Å². The van der Waals surface area contributed by atoms with E-state index in [1.54, 1.807) is 43.7 Å². The van der Waals surface area contributed by atoms with Gasteiger partial charge in [-0.2, -0.15) is 0 Å². The molecule has 0 saturated heterocycles. The lowest BCUT2D eigenvalue weighted by Gasteiger charge is -2.37. The summed E-state index contributed by atoms with van der Waals surface area (Å²) in [6, 6.07) is 25.4. The normalized spacial score (nSPS) is 19.2. The summed E-state index contributed by atoms with van der Waals surface area (Å²) < 4.78 is 25.3. The maximum atomic E-state index is 14.0. The van der Waals surface area contributed by atoms with Gasteiger partial charge in [0.15, 0.2) is 11.5 Å². The summed E-state index contributed by atoms with van der Waals surface area (Å²) in [4.78, 5) is 4.66. The van der Waals surface area contributed by atoms with E-state index in [0.29, 0.717) is 33.9 Å². The Kier molecular flexibility index (Phi) is 7.31. The van der Waals surface area contributed by atoms with Gasteiger partial charge in [0, 0.05) is 23.4 Å². The zero-order valence-electron chi connectivity index (χ0n) is 22.4. The fraction of sp³-hybridized carbons (Fsp3) is 0.206. The molecule has 0 fully saturated rings. The number of benzene rings is 4. The zero-order chi connectivity index (χ0) is 27.6. The number of ether oxygens (including phenoxy) is 2. The quantitative estimate of drug-likeness (QED) is 0.184. The van der Waals surface area contributed by atoms with E-state index in [9.17, 15) is 4.39 Å². The highest BCUT2D eigenvalue weighted by Gasteiger charge is 2.37. The first-order chi connectivity index (χ1) is 19.5. The lowest BCUT2D eigenvalue weighted by Crippen LogP contribution is -2.29. The number of allylic oxidation sites excluding steroid dienone is 2. The SMILES string of the molecule is COc1cc(C=Nc2ccc([C@@H]3Nc4ccc(C)cc4[C@H]4C=CC[C@H]43)cc2)cc(Cl)c1OCc1ccccc1F. The molecule has 2 aliphatic rings. The topological polar surface area (TPSA) is 42.8 Å². The van der Waals surface area contributed by atoms with Crippen molar-refractivity contribution in [3.63, 3.8) is 0 Å². The van der Waals surface area contributed by atoms with Crippen LogP contribution in [-0.4, -0.2) is 13.3 Å². The highest BCUT2D eigenvalue weighted by Crippen LogP contribution is 2.50. The highest BCUT2D eigenvalue weighted by atomic mass is 35.5. The van der Waals surface area contributed by atoms with Crippen LogP contribution in [0.25, 0.3) is 0 Å². The van der Waals surface area contributed by atoms with Crippen LogP contribution >= 0.6 is 11.6 Å². The van der Waals surface area contributed by atoms with Crippen molar-refractivity contribution in [3.05, 3.63) is 130 Å². The number of rotatable bonds is 7. The number of hydrogen-bond acceptors (Lipinski definition) is 4. The molecule has 0 aromatic heterocycles. The van der Waals surface area contributed by atoms with Gasteiger partial charge in [-0.15, -0.1) is 0 Å². The fourth-order valence-electron chi connectivity index (χ4n) is 5.68. The fourth-order valence-corrected chi connectivity index (χ4v) is 5.95. The van der Waals surface area contributed by atoms with Crippen molar-refractivity contribution in [1.29, 1.82) is 0 Å². The molecule has 0 spiro atoms. The third-order valence-electron chi connectivity index (χ3n) is 7.71.